The van der Waals surface area contributed by atoms with Gasteiger partial charge >= 0.3 is 0 Å². The van der Waals surface area contributed by atoms with Gasteiger partial charge in [0.05, 0.1) is 11.8 Å². The van der Waals surface area contributed by atoms with E-state index in [0.717, 1.165) is 11.3 Å². The van der Waals surface area contributed by atoms with E-state index in [4.69, 9.17) is 4.74 Å². The van der Waals surface area contributed by atoms with Crippen LogP contribution in [0.15, 0.2) is 71.5 Å². The van der Waals surface area contributed by atoms with Crippen LogP contribution in [0.25, 0.3) is 5.69 Å². The number of hydrogen-bond acceptors (Lipinski definition) is 4. The Labute approximate surface area is 157 Å². The van der Waals surface area contributed by atoms with Gasteiger partial charge < -0.3 is 10.1 Å². The normalized spacial score (nSPS) is 10.6. The lowest BCUT2D eigenvalue weighted by Gasteiger charge is -2.11. The third-order valence-corrected chi connectivity index (χ3v) is 3.78. The molecule has 3 rings (SSSR count). The zero-order chi connectivity index (χ0) is 19.2. The lowest BCUT2D eigenvalue weighted by molar-refractivity contribution is 0.0944. The predicted molar refractivity (Wildman–Crippen MR) is 103 cm³/mol. The maximum Gasteiger partial charge on any atom is 0.272 e. The summed E-state index contributed by atoms with van der Waals surface area (Å²) in [5, 5.41) is 6.99. The fourth-order valence-corrected chi connectivity index (χ4v) is 2.52. The number of amides is 1. The van der Waals surface area contributed by atoms with Gasteiger partial charge in [0.25, 0.3) is 11.5 Å². The van der Waals surface area contributed by atoms with Gasteiger partial charge in [-0.05, 0) is 49.7 Å². The van der Waals surface area contributed by atoms with Crippen LogP contribution in [0.1, 0.15) is 29.9 Å². The molecule has 0 aliphatic heterocycles. The molecular weight excluding hydrogens is 342 g/mol. The molecule has 0 unspecified atom stereocenters. The lowest BCUT2D eigenvalue weighted by Crippen LogP contribution is -2.28. The highest BCUT2D eigenvalue weighted by Crippen LogP contribution is 2.13. The molecule has 1 amide bonds. The van der Waals surface area contributed by atoms with E-state index >= 15 is 0 Å². The van der Waals surface area contributed by atoms with Crippen molar-refractivity contribution in [2.75, 3.05) is 0 Å². The van der Waals surface area contributed by atoms with Crippen LogP contribution in [0.4, 0.5) is 0 Å². The third-order valence-electron chi connectivity index (χ3n) is 3.78. The standard InChI is InChI=1S/C21H21N3O3/c1-15(2)27-18-10-8-16(9-11-18)14-22-21(26)19-12-13-20(25)24(23-19)17-6-4-3-5-7-17/h3-13,15H,14H2,1-2H3,(H,22,26). The van der Waals surface area contributed by atoms with Crippen molar-refractivity contribution < 1.29 is 9.53 Å². The summed E-state index contributed by atoms with van der Waals surface area (Å²) in [6.45, 7) is 4.29. The van der Waals surface area contributed by atoms with Crippen LogP contribution >= 0.6 is 0 Å². The van der Waals surface area contributed by atoms with Gasteiger partial charge in [-0.15, -0.1) is 0 Å². The Morgan fingerprint density at radius 2 is 1.74 bits per heavy atom. The molecule has 27 heavy (non-hydrogen) atoms. The molecule has 0 saturated carbocycles. The van der Waals surface area contributed by atoms with Crippen molar-refractivity contribution in [2.24, 2.45) is 0 Å². The third kappa shape index (κ3) is 4.82. The fraction of sp³-hybridized carbons (Fsp3) is 0.190. The van der Waals surface area contributed by atoms with Crippen molar-refractivity contribution >= 4 is 5.91 Å². The second-order valence-corrected chi connectivity index (χ2v) is 6.30. The largest absolute Gasteiger partial charge is 0.491 e. The Balaban J connectivity index is 1.69. The van der Waals surface area contributed by atoms with Crippen molar-refractivity contribution in [1.29, 1.82) is 0 Å². The van der Waals surface area contributed by atoms with E-state index in [0.29, 0.717) is 12.2 Å². The Morgan fingerprint density at radius 1 is 1.04 bits per heavy atom. The molecule has 0 spiro atoms. The summed E-state index contributed by atoms with van der Waals surface area (Å²) in [5.41, 5.74) is 1.44. The molecule has 0 atom stereocenters. The summed E-state index contributed by atoms with van der Waals surface area (Å²) < 4.78 is 6.82. The molecule has 6 heteroatoms. The van der Waals surface area contributed by atoms with Crippen molar-refractivity contribution in [3.8, 4) is 11.4 Å². The molecule has 2 aromatic carbocycles. The summed E-state index contributed by atoms with van der Waals surface area (Å²) >= 11 is 0. The van der Waals surface area contributed by atoms with Crippen LogP contribution in [0.3, 0.4) is 0 Å². The van der Waals surface area contributed by atoms with E-state index in [1.54, 1.807) is 12.1 Å². The minimum Gasteiger partial charge on any atom is -0.491 e. The Morgan fingerprint density at radius 3 is 2.41 bits per heavy atom. The summed E-state index contributed by atoms with van der Waals surface area (Å²) in [6.07, 6.45) is 0.113. The van der Waals surface area contributed by atoms with Gasteiger partial charge in [-0.1, -0.05) is 30.3 Å². The van der Waals surface area contributed by atoms with Crippen LogP contribution < -0.4 is 15.6 Å². The average molecular weight is 363 g/mol. The van der Waals surface area contributed by atoms with Crippen molar-refractivity contribution in [3.63, 3.8) is 0 Å². The van der Waals surface area contributed by atoms with E-state index in [1.165, 1.54) is 16.8 Å². The molecule has 6 nitrogen and oxygen atoms in total. The minimum atomic E-state index is -0.345. The van der Waals surface area contributed by atoms with Crippen LogP contribution in [0, 0.1) is 0 Å². The van der Waals surface area contributed by atoms with Gasteiger partial charge in [0, 0.05) is 12.6 Å². The van der Waals surface area contributed by atoms with Gasteiger partial charge in [0.15, 0.2) is 0 Å². The number of nitrogens with one attached hydrogen (secondary N) is 1. The number of carbonyl (C=O) groups is 1. The highest BCUT2D eigenvalue weighted by atomic mass is 16.5. The zero-order valence-electron chi connectivity index (χ0n) is 15.3. The molecule has 0 aliphatic carbocycles. The molecule has 0 fully saturated rings. The Hall–Kier alpha value is -3.41. The first-order valence-electron chi connectivity index (χ1n) is 8.72. The van der Waals surface area contributed by atoms with E-state index in [9.17, 15) is 9.59 Å². The van der Waals surface area contributed by atoms with E-state index < -0.39 is 0 Å². The molecule has 1 heterocycles. The Bertz CT molecular complexity index is 964. The average Bonchev–Trinajstić information content (AvgIpc) is 2.68. The summed E-state index contributed by atoms with van der Waals surface area (Å²) in [5.74, 6) is 0.443. The number of para-hydroxylation sites is 1. The lowest BCUT2D eigenvalue weighted by atomic mass is 10.2. The second-order valence-electron chi connectivity index (χ2n) is 6.30. The van der Waals surface area contributed by atoms with E-state index in [2.05, 4.69) is 10.4 Å². The van der Waals surface area contributed by atoms with Gasteiger partial charge in [-0.2, -0.15) is 9.78 Å². The highest BCUT2D eigenvalue weighted by Gasteiger charge is 2.10. The van der Waals surface area contributed by atoms with Gasteiger partial charge in [-0.3, -0.25) is 9.59 Å². The van der Waals surface area contributed by atoms with Crippen molar-refractivity contribution in [2.45, 2.75) is 26.5 Å². The van der Waals surface area contributed by atoms with Crippen molar-refractivity contribution in [1.82, 2.24) is 15.1 Å². The number of nitrogens with zero attached hydrogens (tertiary/aromatic N) is 2. The molecular formula is C21H21N3O3. The quantitative estimate of drug-likeness (QED) is 0.731. The number of benzene rings is 2. The van der Waals surface area contributed by atoms with Crippen LogP contribution in [0.5, 0.6) is 5.75 Å². The first-order chi connectivity index (χ1) is 13.0. The number of rotatable bonds is 6. The molecule has 0 radical (unpaired) electrons. The number of ether oxygens (including phenoxy) is 1. The fourth-order valence-electron chi connectivity index (χ4n) is 2.52. The molecule has 0 saturated heterocycles. The first-order valence-corrected chi connectivity index (χ1v) is 8.72. The molecule has 0 bridgehead atoms. The smallest absolute Gasteiger partial charge is 0.272 e. The topological polar surface area (TPSA) is 73.2 Å². The zero-order valence-corrected chi connectivity index (χ0v) is 15.3. The van der Waals surface area contributed by atoms with Crippen LogP contribution in [0.2, 0.25) is 0 Å². The van der Waals surface area contributed by atoms with E-state index in [1.807, 2.05) is 56.3 Å². The minimum absolute atomic E-state index is 0.113. The molecule has 1 N–H and O–H groups in total. The SMILES string of the molecule is CC(C)Oc1ccc(CNC(=O)c2ccc(=O)n(-c3ccccc3)n2)cc1. The second kappa shape index (κ2) is 8.31. The maximum atomic E-state index is 12.4. The van der Waals surface area contributed by atoms with Gasteiger partial charge in [0.2, 0.25) is 0 Å². The molecule has 0 aliphatic rings. The Kier molecular flexibility index (Phi) is 5.66. The monoisotopic (exact) mass is 363 g/mol. The predicted octanol–water partition coefficient (Wildman–Crippen LogP) is 2.95. The number of aromatic nitrogens is 2. The van der Waals surface area contributed by atoms with Crippen LogP contribution in [-0.2, 0) is 6.54 Å². The molecule has 1 aromatic heterocycles. The highest BCUT2D eigenvalue weighted by molar-refractivity contribution is 5.92. The number of carbonyl (C=O) groups excluding carboxylic acids is 1. The number of hydrogen-bond donors (Lipinski definition) is 1. The molecule has 138 valence electrons. The first kappa shape index (κ1) is 18.4. The molecule has 3 aromatic rings. The van der Waals surface area contributed by atoms with Crippen LogP contribution in [-0.4, -0.2) is 21.8 Å². The maximum absolute atomic E-state index is 12.4. The van der Waals surface area contributed by atoms with Crippen molar-refractivity contribution in [3.05, 3.63) is 88.3 Å². The summed E-state index contributed by atoms with van der Waals surface area (Å²) in [4.78, 5) is 24.5. The summed E-state index contributed by atoms with van der Waals surface area (Å²) in [7, 11) is 0. The van der Waals surface area contributed by atoms with Gasteiger partial charge in [0.1, 0.15) is 11.4 Å². The van der Waals surface area contributed by atoms with Gasteiger partial charge in [-0.25, -0.2) is 0 Å². The van der Waals surface area contributed by atoms with E-state index in [-0.39, 0.29) is 23.3 Å². The summed E-state index contributed by atoms with van der Waals surface area (Å²) in [6, 6.07) is 19.3.